The van der Waals surface area contributed by atoms with Gasteiger partial charge < -0.3 is 15.4 Å². The van der Waals surface area contributed by atoms with E-state index in [-0.39, 0.29) is 23.9 Å². The molecule has 8 heteroatoms. The number of esters is 1. The summed E-state index contributed by atoms with van der Waals surface area (Å²) in [5, 5.41) is 10.5. The van der Waals surface area contributed by atoms with Crippen molar-refractivity contribution in [2.24, 2.45) is 4.99 Å². The average Bonchev–Trinajstić information content (AvgIpc) is 3.05. The lowest BCUT2D eigenvalue weighted by molar-refractivity contribution is -0.137. The number of benzene rings is 2. The van der Waals surface area contributed by atoms with Crippen LogP contribution in [0.3, 0.4) is 0 Å². The molecule has 1 aromatic heterocycles. The van der Waals surface area contributed by atoms with Crippen molar-refractivity contribution in [3.05, 3.63) is 82.8 Å². The summed E-state index contributed by atoms with van der Waals surface area (Å²) in [5.74, 6) is -0.812. The van der Waals surface area contributed by atoms with E-state index >= 15 is 0 Å². The number of nitrogens with one attached hydrogen (secondary N) is 2. The number of hydrogen-bond donors (Lipinski definition) is 2. The second-order valence-corrected chi connectivity index (χ2v) is 7.66. The zero-order valence-electron chi connectivity index (χ0n) is 19.0. The highest BCUT2D eigenvalue weighted by atomic mass is 16.5. The Bertz CT molecular complexity index is 1290. The fraction of sp³-hybridized carbons (Fsp3) is 0.200. The van der Waals surface area contributed by atoms with E-state index < -0.39 is 5.97 Å². The number of hydrogen-bond acceptors (Lipinski definition) is 6. The van der Waals surface area contributed by atoms with Crippen LogP contribution in [0, 0.1) is 13.8 Å². The molecular weight excluding hydrogens is 418 g/mol. The van der Waals surface area contributed by atoms with Crippen molar-refractivity contribution < 1.29 is 14.3 Å². The third kappa shape index (κ3) is 4.55. The van der Waals surface area contributed by atoms with Gasteiger partial charge in [0.15, 0.2) is 0 Å². The standard InChI is InChI=1S/C25H25N5O3/c1-5-33-25(32)22-17(4)26-20-8-6-7-9-21(20)27-23(22)28-24(31)18-10-12-19(13-11-18)30-16(3)14-15(2)29-30/h6-14,26H,5H2,1-4H3,(H,27,28,31). The first-order valence-corrected chi connectivity index (χ1v) is 10.7. The van der Waals surface area contributed by atoms with E-state index in [1.165, 1.54) is 0 Å². The molecule has 0 unspecified atom stereocenters. The number of rotatable bonds is 4. The molecule has 2 heterocycles. The summed E-state index contributed by atoms with van der Waals surface area (Å²) in [6.07, 6.45) is 0. The van der Waals surface area contributed by atoms with Crippen molar-refractivity contribution in [3.8, 4) is 5.69 Å². The van der Waals surface area contributed by atoms with Crippen LogP contribution >= 0.6 is 0 Å². The van der Waals surface area contributed by atoms with Crippen LogP contribution in [0.2, 0.25) is 0 Å². The highest BCUT2D eigenvalue weighted by Gasteiger charge is 2.26. The van der Waals surface area contributed by atoms with Gasteiger partial charge in [-0.15, -0.1) is 0 Å². The molecule has 1 amide bonds. The van der Waals surface area contributed by atoms with Crippen molar-refractivity contribution in [2.75, 3.05) is 11.9 Å². The van der Waals surface area contributed by atoms with Crippen LogP contribution in [0.5, 0.6) is 0 Å². The van der Waals surface area contributed by atoms with Gasteiger partial charge in [-0.25, -0.2) is 14.5 Å². The number of carbonyl (C=O) groups is 2. The molecule has 4 rings (SSSR count). The monoisotopic (exact) mass is 443 g/mol. The molecule has 0 bridgehead atoms. The smallest absolute Gasteiger partial charge is 0.343 e. The predicted molar refractivity (Wildman–Crippen MR) is 127 cm³/mol. The lowest BCUT2D eigenvalue weighted by Crippen LogP contribution is -2.35. The molecule has 0 atom stereocenters. The van der Waals surface area contributed by atoms with E-state index in [0.717, 1.165) is 22.8 Å². The average molecular weight is 444 g/mol. The molecule has 1 aliphatic heterocycles. The number of para-hydroxylation sites is 2. The lowest BCUT2D eigenvalue weighted by Gasteiger charge is -2.13. The minimum absolute atomic E-state index is 0.135. The van der Waals surface area contributed by atoms with E-state index in [1.54, 1.807) is 32.0 Å². The molecule has 3 aromatic rings. The van der Waals surface area contributed by atoms with Gasteiger partial charge >= 0.3 is 5.97 Å². The summed E-state index contributed by atoms with van der Waals surface area (Å²) in [6, 6.07) is 16.4. The largest absolute Gasteiger partial charge is 0.462 e. The number of aryl methyl sites for hydroxylation is 2. The van der Waals surface area contributed by atoms with Gasteiger partial charge in [-0.3, -0.25) is 4.79 Å². The Balaban J connectivity index is 1.65. The zero-order chi connectivity index (χ0) is 23.5. The quantitative estimate of drug-likeness (QED) is 0.589. The molecule has 0 saturated carbocycles. The van der Waals surface area contributed by atoms with Crippen molar-refractivity contribution in [1.29, 1.82) is 0 Å². The Kier molecular flexibility index (Phi) is 6.08. The zero-order valence-corrected chi connectivity index (χ0v) is 19.0. The number of amidine groups is 1. The van der Waals surface area contributed by atoms with Crippen molar-refractivity contribution >= 4 is 29.1 Å². The fourth-order valence-corrected chi connectivity index (χ4v) is 3.66. The predicted octanol–water partition coefficient (Wildman–Crippen LogP) is 4.21. The van der Waals surface area contributed by atoms with Gasteiger partial charge in [0.05, 0.1) is 29.4 Å². The Morgan fingerprint density at radius 1 is 1.06 bits per heavy atom. The van der Waals surface area contributed by atoms with Crippen molar-refractivity contribution in [1.82, 2.24) is 15.1 Å². The Labute approximate surface area is 192 Å². The van der Waals surface area contributed by atoms with E-state index in [1.807, 2.05) is 54.9 Å². The minimum Gasteiger partial charge on any atom is -0.462 e. The van der Waals surface area contributed by atoms with Gasteiger partial charge in [0.1, 0.15) is 11.4 Å². The van der Waals surface area contributed by atoms with Gasteiger partial charge in [0.2, 0.25) is 0 Å². The number of aliphatic imine (C=N–C) groups is 1. The Morgan fingerprint density at radius 2 is 1.79 bits per heavy atom. The van der Waals surface area contributed by atoms with E-state index in [9.17, 15) is 9.59 Å². The second-order valence-electron chi connectivity index (χ2n) is 7.66. The molecular formula is C25H25N5O3. The summed E-state index contributed by atoms with van der Waals surface area (Å²) in [6.45, 7) is 7.59. The lowest BCUT2D eigenvalue weighted by atomic mass is 10.1. The fourth-order valence-electron chi connectivity index (χ4n) is 3.66. The molecule has 0 radical (unpaired) electrons. The number of anilines is 1. The summed E-state index contributed by atoms with van der Waals surface area (Å²) >= 11 is 0. The van der Waals surface area contributed by atoms with Gasteiger partial charge in [-0.1, -0.05) is 12.1 Å². The van der Waals surface area contributed by atoms with Crippen molar-refractivity contribution in [3.63, 3.8) is 0 Å². The summed E-state index contributed by atoms with van der Waals surface area (Å²) in [5.41, 5.74) is 5.26. The first-order chi connectivity index (χ1) is 15.9. The molecule has 8 nitrogen and oxygen atoms in total. The molecule has 0 fully saturated rings. The van der Waals surface area contributed by atoms with E-state index in [4.69, 9.17) is 4.74 Å². The maximum atomic E-state index is 13.1. The van der Waals surface area contributed by atoms with Gasteiger partial charge in [0.25, 0.3) is 5.91 Å². The Hall–Kier alpha value is -4.20. The topological polar surface area (TPSA) is 97.6 Å². The van der Waals surface area contributed by atoms with Crippen LogP contribution in [0.25, 0.3) is 5.69 Å². The first kappa shape index (κ1) is 22.0. The maximum absolute atomic E-state index is 13.1. The highest BCUT2D eigenvalue weighted by molar-refractivity contribution is 6.25. The summed E-state index contributed by atoms with van der Waals surface area (Å²) < 4.78 is 7.04. The summed E-state index contributed by atoms with van der Waals surface area (Å²) in [7, 11) is 0. The maximum Gasteiger partial charge on any atom is 0.343 e. The van der Waals surface area contributed by atoms with Crippen LogP contribution in [-0.2, 0) is 9.53 Å². The molecule has 0 spiro atoms. The molecule has 2 N–H and O–H groups in total. The van der Waals surface area contributed by atoms with Crippen LogP contribution in [0.4, 0.5) is 11.4 Å². The van der Waals surface area contributed by atoms with Gasteiger partial charge in [-0.05, 0) is 70.2 Å². The second kappa shape index (κ2) is 9.12. The molecule has 168 valence electrons. The van der Waals surface area contributed by atoms with E-state index in [2.05, 4.69) is 20.7 Å². The number of nitrogens with zero attached hydrogens (tertiary/aromatic N) is 3. The normalized spacial score (nSPS) is 12.9. The number of amides is 1. The van der Waals surface area contributed by atoms with E-state index in [0.29, 0.717) is 16.9 Å². The third-order valence-electron chi connectivity index (χ3n) is 5.17. The number of fused-ring (bicyclic) bond motifs is 1. The molecule has 1 aliphatic rings. The van der Waals surface area contributed by atoms with Gasteiger partial charge in [-0.2, -0.15) is 5.10 Å². The SMILES string of the molecule is CCOC(=O)C1=C(C)Nc2ccccc2N=C1NC(=O)c1ccc(-n2nc(C)cc2C)cc1. The van der Waals surface area contributed by atoms with Crippen LogP contribution in [0.1, 0.15) is 35.6 Å². The molecule has 2 aromatic carbocycles. The molecule has 33 heavy (non-hydrogen) atoms. The summed E-state index contributed by atoms with van der Waals surface area (Å²) in [4.78, 5) is 30.4. The van der Waals surface area contributed by atoms with Crippen LogP contribution in [0.15, 0.2) is 70.9 Å². The van der Waals surface area contributed by atoms with Crippen LogP contribution < -0.4 is 10.6 Å². The highest BCUT2D eigenvalue weighted by Crippen LogP contribution is 2.30. The van der Waals surface area contributed by atoms with Crippen molar-refractivity contribution in [2.45, 2.75) is 27.7 Å². The number of allylic oxidation sites excluding steroid dienone is 1. The molecule has 0 saturated heterocycles. The number of carbonyl (C=O) groups excluding carboxylic acids is 2. The number of ether oxygens (including phenoxy) is 1. The molecule has 0 aliphatic carbocycles. The minimum atomic E-state index is -0.561. The van der Waals surface area contributed by atoms with Crippen LogP contribution in [-0.4, -0.2) is 34.1 Å². The van der Waals surface area contributed by atoms with Gasteiger partial charge in [0, 0.05) is 17.0 Å². The number of aromatic nitrogens is 2. The first-order valence-electron chi connectivity index (χ1n) is 10.7. The third-order valence-corrected chi connectivity index (χ3v) is 5.17. The Morgan fingerprint density at radius 3 is 2.45 bits per heavy atom.